The third kappa shape index (κ3) is 2.62. The van der Waals surface area contributed by atoms with E-state index in [1.807, 2.05) is 25.1 Å². The predicted octanol–water partition coefficient (Wildman–Crippen LogP) is 5.25. The fourth-order valence-electron chi connectivity index (χ4n) is 1.80. The van der Waals surface area contributed by atoms with Gasteiger partial charge in [0.15, 0.2) is 5.13 Å². The monoisotopic (exact) mass is 336 g/mol. The zero-order valence-corrected chi connectivity index (χ0v) is 12.5. The zero-order chi connectivity index (χ0) is 13.4. The topological polar surface area (TPSA) is 24.9 Å². The Morgan fingerprint density at radius 3 is 2.84 bits per heavy atom. The fourth-order valence-corrected chi connectivity index (χ4v) is 2.91. The second-order valence-corrected chi connectivity index (χ2v) is 6.11. The lowest BCUT2D eigenvalue weighted by molar-refractivity contribution is 0.629. The summed E-state index contributed by atoms with van der Waals surface area (Å²) < 4.78 is 15.2. The first-order chi connectivity index (χ1) is 9.11. The number of aryl methyl sites for hydroxylation is 1. The third-order valence-electron chi connectivity index (χ3n) is 2.76. The molecular weight excluding hydrogens is 327 g/mol. The van der Waals surface area contributed by atoms with Gasteiger partial charge in [-0.1, -0.05) is 27.3 Å². The van der Waals surface area contributed by atoms with Crippen molar-refractivity contribution in [3.05, 3.63) is 52.3 Å². The van der Waals surface area contributed by atoms with Gasteiger partial charge in [0.2, 0.25) is 0 Å². The maximum atomic E-state index is 13.1. The number of anilines is 2. The Labute approximate surface area is 122 Å². The summed E-state index contributed by atoms with van der Waals surface area (Å²) in [5.41, 5.74) is 2.80. The molecule has 0 fully saturated rings. The molecule has 2 aromatic carbocycles. The van der Waals surface area contributed by atoms with Crippen molar-refractivity contribution < 1.29 is 4.39 Å². The minimum absolute atomic E-state index is 0.260. The van der Waals surface area contributed by atoms with Crippen molar-refractivity contribution in [3.8, 4) is 0 Å². The van der Waals surface area contributed by atoms with Crippen LogP contribution >= 0.6 is 27.3 Å². The Balaban J connectivity index is 1.94. The largest absolute Gasteiger partial charge is 0.332 e. The molecule has 3 rings (SSSR count). The van der Waals surface area contributed by atoms with Crippen LogP contribution < -0.4 is 5.32 Å². The van der Waals surface area contributed by atoms with E-state index in [0.717, 1.165) is 25.6 Å². The molecule has 5 heteroatoms. The number of nitrogens with one attached hydrogen (secondary N) is 1. The lowest BCUT2D eigenvalue weighted by Crippen LogP contribution is -1.89. The molecule has 19 heavy (non-hydrogen) atoms. The minimum atomic E-state index is -0.260. The van der Waals surface area contributed by atoms with E-state index >= 15 is 0 Å². The van der Waals surface area contributed by atoms with E-state index in [1.54, 1.807) is 6.07 Å². The molecule has 1 aromatic heterocycles. The van der Waals surface area contributed by atoms with Gasteiger partial charge in [-0.3, -0.25) is 0 Å². The van der Waals surface area contributed by atoms with E-state index in [4.69, 9.17) is 0 Å². The maximum absolute atomic E-state index is 13.1. The lowest BCUT2D eigenvalue weighted by atomic mass is 10.2. The number of aromatic nitrogens is 1. The molecule has 1 N–H and O–H groups in total. The van der Waals surface area contributed by atoms with Crippen molar-refractivity contribution in [2.45, 2.75) is 6.92 Å². The van der Waals surface area contributed by atoms with Crippen LogP contribution in [0.15, 0.2) is 40.9 Å². The quantitative estimate of drug-likeness (QED) is 0.691. The molecule has 0 saturated heterocycles. The first-order valence-corrected chi connectivity index (χ1v) is 7.32. The van der Waals surface area contributed by atoms with Crippen molar-refractivity contribution in [2.75, 3.05) is 5.32 Å². The lowest BCUT2D eigenvalue weighted by Gasteiger charge is -2.04. The van der Waals surface area contributed by atoms with Crippen molar-refractivity contribution in [2.24, 2.45) is 0 Å². The molecule has 0 aliphatic rings. The van der Waals surface area contributed by atoms with Gasteiger partial charge in [-0.2, -0.15) is 0 Å². The first-order valence-electron chi connectivity index (χ1n) is 5.71. The third-order valence-corrected chi connectivity index (χ3v) is 4.60. The van der Waals surface area contributed by atoms with Gasteiger partial charge in [-0.05, 0) is 42.8 Å². The molecule has 0 atom stereocenters. The van der Waals surface area contributed by atoms with Crippen LogP contribution in [0.3, 0.4) is 0 Å². The van der Waals surface area contributed by atoms with Gasteiger partial charge in [0, 0.05) is 16.2 Å². The average molecular weight is 337 g/mol. The SMILES string of the molecule is Cc1cc(Nc2nc3cc(F)ccc3s2)ccc1Br. The summed E-state index contributed by atoms with van der Waals surface area (Å²) in [5, 5.41) is 4.01. The Kier molecular flexibility index (Phi) is 3.24. The number of hydrogen-bond acceptors (Lipinski definition) is 3. The molecular formula is C14H10BrFN2S. The number of nitrogens with zero attached hydrogens (tertiary/aromatic N) is 1. The summed E-state index contributed by atoms with van der Waals surface area (Å²) in [7, 11) is 0. The van der Waals surface area contributed by atoms with Crippen LogP contribution in [0.4, 0.5) is 15.2 Å². The van der Waals surface area contributed by atoms with Crippen molar-refractivity contribution in [1.82, 2.24) is 4.98 Å². The highest BCUT2D eigenvalue weighted by Gasteiger charge is 2.05. The first kappa shape index (κ1) is 12.6. The van der Waals surface area contributed by atoms with E-state index in [0.29, 0.717) is 5.52 Å². The molecule has 0 spiro atoms. The van der Waals surface area contributed by atoms with Crippen LogP contribution in [0.2, 0.25) is 0 Å². The number of thiazole rings is 1. The summed E-state index contributed by atoms with van der Waals surface area (Å²) in [6, 6.07) is 10.7. The minimum Gasteiger partial charge on any atom is -0.332 e. The molecule has 3 aromatic rings. The highest BCUT2D eigenvalue weighted by molar-refractivity contribution is 9.10. The van der Waals surface area contributed by atoms with Crippen molar-refractivity contribution in [1.29, 1.82) is 0 Å². The summed E-state index contributed by atoms with van der Waals surface area (Å²) >= 11 is 4.98. The molecule has 2 nitrogen and oxygen atoms in total. The van der Waals surface area contributed by atoms with Gasteiger partial charge in [0.25, 0.3) is 0 Å². The van der Waals surface area contributed by atoms with E-state index < -0.39 is 0 Å². The second kappa shape index (κ2) is 4.90. The van der Waals surface area contributed by atoms with Gasteiger partial charge in [-0.25, -0.2) is 9.37 Å². The van der Waals surface area contributed by atoms with Crippen molar-refractivity contribution >= 4 is 48.3 Å². The van der Waals surface area contributed by atoms with E-state index in [9.17, 15) is 4.39 Å². The Morgan fingerprint density at radius 1 is 1.21 bits per heavy atom. The number of halogens is 2. The number of rotatable bonds is 2. The van der Waals surface area contributed by atoms with Gasteiger partial charge in [-0.15, -0.1) is 0 Å². The van der Waals surface area contributed by atoms with E-state index in [-0.39, 0.29) is 5.82 Å². The summed E-state index contributed by atoms with van der Waals surface area (Å²) in [5.74, 6) is -0.260. The second-order valence-electron chi connectivity index (χ2n) is 4.22. The van der Waals surface area contributed by atoms with Crippen LogP contribution in [-0.4, -0.2) is 4.98 Å². The van der Waals surface area contributed by atoms with Gasteiger partial charge in [0.1, 0.15) is 5.82 Å². The fraction of sp³-hybridized carbons (Fsp3) is 0.0714. The molecule has 0 amide bonds. The predicted molar refractivity (Wildman–Crippen MR) is 81.7 cm³/mol. The molecule has 0 unspecified atom stereocenters. The van der Waals surface area contributed by atoms with E-state index in [2.05, 4.69) is 26.2 Å². The highest BCUT2D eigenvalue weighted by atomic mass is 79.9. The normalized spacial score (nSPS) is 10.9. The molecule has 0 aliphatic heterocycles. The Bertz CT molecular complexity index is 754. The van der Waals surface area contributed by atoms with Gasteiger partial charge >= 0.3 is 0 Å². The van der Waals surface area contributed by atoms with Crippen LogP contribution in [0.1, 0.15) is 5.56 Å². The molecule has 96 valence electrons. The number of hydrogen-bond donors (Lipinski definition) is 1. The number of benzene rings is 2. The average Bonchev–Trinajstić information content (AvgIpc) is 2.75. The molecule has 0 radical (unpaired) electrons. The Morgan fingerprint density at radius 2 is 2.05 bits per heavy atom. The highest BCUT2D eigenvalue weighted by Crippen LogP contribution is 2.29. The zero-order valence-electron chi connectivity index (χ0n) is 10.1. The molecule has 0 saturated carbocycles. The molecule has 0 aliphatic carbocycles. The summed E-state index contributed by atoms with van der Waals surface area (Å²) in [4.78, 5) is 4.38. The molecule has 1 heterocycles. The smallest absolute Gasteiger partial charge is 0.188 e. The van der Waals surface area contributed by atoms with Crippen LogP contribution in [0.5, 0.6) is 0 Å². The Hall–Kier alpha value is -1.46. The van der Waals surface area contributed by atoms with Gasteiger partial charge in [0.05, 0.1) is 10.2 Å². The van der Waals surface area contributed by atoms with Gasteiger partial charge < -0.3 is 5.32 Å². The van der Waals surface area contributed by atoms with Crippen LogP contribution in [-0.2, 0) is 0 Å². The van der Waals surface area contributed by atoms with Crippen LogP contribution in [0.25, 0.3) is 10.2 Å². The van der Waals surface area contributed by atoms with Crippen molar-refractivity contribution in [3.63, 3.8) is 0 Å². The molecule has 0 bridgehead atoms. The van der Waals surface area contributed by atoms with E-state index in [1.165, 1.54) is 23.5 Å². The number of fused-ring (bicyclic) bond motifs is 1. The standard InChI is InChI=1S/C14H10BrFN2S/c1-8-6-10(3-4-11(8)15)17-14-18-12-7-9(16)2-5-13(12)19-14/h2-7H,1H3,(H,17,18). The maximum Gasteiger partial charge on any atom is 0.188 e. The summed E-state index contributed by atoms with van der Waals surface area (Å²) in [6.07, 6.45) is 0. The summed E-state index contributed by atoms with van der Waals surface area (Å²) in [6.45, 7) is 2.03. The van der Waals surface area contributed by atoms with Crippen LogP contribution in [0, 0.1) is 12.7 Å².